The topological polar surface area (TPSA) is 34.7 Å². The predicted octanol–water partition coefficient (Wildman–Crippen LogP) is 8.48. The van der Waals surface area contributed by atoms with Crippen LogP contribution in [-0.4, -0.2) is 63.6 Å². The molecule has 0 aromatic carbocycles. The second-order valence-electron chi connectivity index (χ2n) is 13.6. The van der Waals surface area contributed by atoms with Crippen molar-refractivity contribution in [1.29, 1.82) is 0 Å². The summed E-state index contributed by atoms with van der Waals surface area (Å²) in [5, 5.41) is 11.5. The molecule has 2 aliphatic rings. The van der Waals surface area contributed by atoms with E-state index in [2.05, 4.69) is 93.2 Å². The van der Waals surface area contributed by atoms with Crippen LogP contribution < -0.4 is 0 Å². The van der Waals surface area contributed by atoms with E-state index in [9.17, 15) is 0 Å². The third kappa shape index (κ3) is 10.9. The zero-order valence-electron chi connectivity index (χ0n) is 26.2. The van der Waals surface area contributed by atoms with Crippen molar-refractivity contribution in [1.82, 2.24) is 9.62 Å². The van der Waals surface area contributed by atoms with Crippen molar-refractivity contribution in [2.75, 3.05) is 28.2 Å². The van der Waals surface area contributed by atoms with Crippen molar-refractivity contribution in [2.24, 2.45) is 47.3 Å². The molecular weight excluding hydrogens is 533 g/mol. The molecule has 0 aliphatic heterocycles. The van der Waals surface area contributed by atoms with Crippen LogP contribution in [0.15, 0.2) is 0 Å². The van der Waals surface area contributed by atoms with E-state index in [1.807, 2.05) is 0 Å². The first-order chi connectivity index (χ1) is 17.3. The Morgan fingerprint density at radius 2 is 0.784 bits per heavy atom. The number of nitrogens with zero attached hydrogens (tertiary/aromatic N) is 4. The van der Waals surface area contributed by atoms with Crippen LogP contribution in [0.3, 0.4) is 0 Å². The van der Waals surface area contributed by atoms with E-state index in [1.165, 1.54) is 38.5 Å². The second kappa shape index (κ2) is 17.9. The van der Waals surface area contributed by atoms with Gasteiger partial charge in [-0.05, 0) is 51.9 Å². The van der Waals surface area contributed by atoms with Gasteiger partial charge in [0.25, 0.3) is 0 Å². The molecule has 4 unspecified atom stereocenters. The fraction of sp³-hybridized carbons (Fsp3) is 1.00. The van der Waals surface area contributed by atoms with E-state index < -0.39 is 17.0 Å². The first-order valence-electron chi connectivity index (χ1n) is 15.0. The Bertz CT molecular complexity index is 531. The van der Waals surface area contributed by atoms with Gasteiger partial charge in [0.1, 0.15) is 0 Å². The van der Waals surface area contributed by atoms with Crippen LogP contribution in [0, 0.1) is 47.3 Å². The Labute approximate surface area is 249 Å². The molecule has 0 amide bonds. The standard InChI is InChI=1S/C28H58B2N4.2ClH.Ti/c1-19(2)23-15-13-16-24(20(3)4)27(23)31-29(33(9)10)30(34(11)12)32-28-25(21(5)6)17-14-18-26(28)22(7)8;;;/h19-28H,13-18H2,1-12H3;2*1H;/q-2;;;+2/p-2. The molecule has 0 spiro atoms. The Hall–Kier alpha value is 1.26. The van der Waals surface area contributed by atoms with Crippen LogP contribution in [-0.2, 0) is 17.0 Å². The van der Waals surface area contributed by atoms with Crippen molar-refractivity contribution in [3.8, 4) is 0 Å². The van der Waals surface area contributed by atoms with Crippen molar-refractivity contribution in [3.63, 3.8) is 0 Å². The van der Waals surface area contributed by atoms with Crippen molar-refractivity contribution < 1.29 is 17.0 Å². The molecule has 2 saturated carbocycles. The van der Waals surface area contributed by atoms with Gasteiger partial charge in [0.2, 0.25) is 0 Å². The summed E-state index contributed by atoms with van der Waals surface area (Å²) in [4.78, 5) is 4.71. The molecule has 2 aliphatic carbocycles. The quantitative estimate of drug-likeness (QED) is 0.226. The van der Waals surface area contributed by atoms with E-state index in [0.717, 1.165) is 0 Å². The minimum atomic E-state index is -0.556. The average Bonchev–Trinajstić information content (AvgIpc) is 2.80. The molecule has 9 heteroatoms. The summed E-state index contributed by atoms with van der Waals surface area (Å²) in [6.45, 7) is 19.5. The molecular formula is C28H58B2Cl2N4Ti-2. The summed E-state index contributed by atoms with van der Waals surface area (Å²) < 4.78 is 0. The first-order valence-corrected chi connectivity index (χ1v) is 19.3. The Morgan fingerprint density at radius 1 is 0.568 bits per heavy atom. The summed E-state index contributed by atoms with van der Waals surface area (Å²) in [6.07, 6.45) is 8.03. The number of halogens is 2. The molecule has 0 aromatic heterocycles. The molecule has 0 bridgehead atoms. The van der Waals surface area contributed by atoms with E-state index in [-0.39, 0.29) is 13.7 Å². The van der Waals surface area contributed by atoms with Crippen molar-refractivity contribution in [2.45, 2.75) is 106 Å². The van der Waals surface area contributed by atoms with Crippen LogP contribution in [0.2, 0.25) is 0 Å². The van der Waals surface area contributed by atoms with Gasteiger partial charge in [-0.1, -0.05) is 118 Å². The summed E-state index contributed by atoms with van der Waals surface area (Å²) in [5.41, 5.74) is 0. The van der Waals surface area contributed by atoms with Crippen LogP contribution >= 0.6 is 18.6 Å². The molecule has 0 aromatic rings. The monoisotopic (exact) mass is 590 g/mol. The van der Waals surface area contributed by atoms with Gasteiger partial charge in [0.05, 0.1) is 13.7 Å². The first kappa shape index (κ1) is 36.3. The third-order valence-corrected chi connectivity index (χ3v) is 9.30. The Kier molecular flexibility index (Phi) is 17.6. The summed E-state index contributed by atoms with van der Waals surface area (Å²) in [7, 11) is 18.7. The maximum atomic E-state index is 5.76. The second-order valence-corrected chi connectivity index (χ2v) is 16.2. The SMILES string of the molecule is CC(C)C1CCCC(C(C)C)C1[N-]B(B([N-]C1C(C(C)C)CCCC1C(C)C)N(C)C)N(C)C.[Cl][Ti][Cl]. The molecule has 0 N–H and O–H groups in total. The molecule has 216 valence electrons. The van der Waals surface area contributed by atoms with Crippen LogP contribution in [0.1, 0.15) is 93.9 Å². The van der Waals surface area contributed by atoms with Gasteiger partial charge < -0.3 is 20.1 Å². The normalized spacial score (nSPS) is 28.8. The van der Waals surface area contributed by atoms with Gasteiger partial charge in [-0.3, -0.25) is 0 Å². The number of hydrogen-bond acceptors (Lipinski definition) is 2. The van der Waals surface area contributed by atoms with Crippen LogP contribution in [0.4, 0.5) is 0 Å². The molecule has 0 heterocycles. The van der Waals surface area contributed by atoms with Crippen LogP contribution in [0.5, 0.6) is 0 Å². The van der Waals surface area contributed by atoms with Gasteiger partial charge in [-0.25, -0.2) is 0 Å². The fourth-order valence-corrected chi connectivity index (χ4v) is 7.16. The number of hydrogen-bond donors (Lipinski definition) is 0. The van der Waals surface area contributed by atoms with Crippen molar-refractivity contribution in [3.05, 3.63) is 10.5 Å². The van der Waals surface area contributed by atoms with E-state index in [0.29, 0.717) is 59.4 Å². The Balaban J connectivity index is 0.00000217. The summed E-state index contributed by atoms with van der Waals surface area (Å²) in [5.74, 6) is 5.48. The number of rotatable bonds is 11. The minimum absolute atomic E-state index is 0.100. The van der Waals surface area contributed by atoms with Crippen molar-refractivity contribution >= 4 is 32.4 Å². The van der Waals surface area contributed by atoms with Gasteiger partial charge in [0, 0.05) is 0 Å². The third-order valence-electron chi connectivity index (χ3n) is 9.30. The van der Waals surface area contributed by atoms with Gasteiger partial charge in [-0.2, -0.15) is 0 Å². The van der Waals surface area contributed by atoms with E-state index in [1.54, 1.807) is 0 Å². The molecule has 0 saturated heterocycles. The maximum absolute atomic E-state index is 5.76. The zero-order chi connectivity index (χ0) is 28.4. The molecule has 0 radical (unpaired) electrons. The summed E-state index contributed by atoms with van der Waals surface area (Å²) in [6, 6.07) is 0.874. The van der Waals surface area contributed by atoms with Gasteiger partial charge >= 0.3 is 35.6 Å². The average molecular weight is 591 g/mol. The van der Waals surface area contributed by atoms with E-state index in [4.69, 9.17) is 29.1 Å². The molecule has 4 nitrogen and oxygen atoms in total. The predicted molar refractivity (Wildman–Crippen MR) is 166 cm³/mol. The summed E-state index contributed by atoms with van der Waals surface area (Å²) >= 11 is -0.556. The zero-order valence-corrected chi connectivity index (χ0v) is 29.3. The fourth-order valence-electron chi connectivity index (χ4n) is 7.16. The Morgan fingerprint density at radius 3 is 0.946 bits per heavy atom. The van der Waals surface area contributed by atoms with Gasteiger partial charge in [-0.15, -0.1) is 12.1 Å². The molecule has 2 fully saturated rings. The molecule has 2 rings (SSSR count). The molecule has 37 heavy (non-hydrogen) atoms. The van der Waals surface area contributed by atoms with Gasteiger partial charge in [0.15, 0.2) is 0 Å². The van der Waals surface area contributed by atoms with Crippen LogP contribution in [0.25, 0.3) is 10.5 Å². The van der Waals surface area contributed by atoms with E-state index >= 15 is 0 Å². The molecule has 4 atom stereocenters.